The molecular formula is C32H34FN5O2S. The molecule has 9 heteroatoms. The zero-order valence-corrected chi connectivity index (χ0v) is 24.0. The lowest BCUT2D eigenvalue weighted by atomic mass is 9.92. The number of rotatable bonds is 10. The van der Waals surface area contributed by atoms with Crippen molar-refractivity contribution in [1.82, 2.24) is 24.5 Å². The number of hydrogen-bond donors (Lipinski definition) is 2. The molecule has 212 valence electrons. The van der Waals surface area contributed by atoms with Crippen LogP contribution in [0.2, 0.25) is 0 Å². The van der Waals surface area contributed by atoms with Crippen molar-refractivity contribution >= 4 is 21.7 Å². The number of H-pyrrole nitrogens is 1. The van der Waals surface area contributed by atoms with Crippen LogP contribution in [0.5, 0.6) is 0 Å². The number of sulfonamides is 1. The number of likely N-dealkylation sites (N-methyl/N-ethyl adjacent to an activating group) is 1. The summed E-state index contributed by atoms with van der Waals surface area (Å²) in [5.41, 5.74) is 7.33. The van der Waals surface area contributed by atoms with Gasteiger partial charge in [0.15, 0.2) is 0 Å². The maximum Gasteiger partial charge on any atom is 0.240 e. The Labute approximate surface area is 241 Å². The number of hydrogen-bond acceptors (Lipinski definition) is 5. The third-order valence-corrected chi connectivity index (χ3v) is 8.56. The first-order valence-corrected chi connectivity index (χ1v) is 15.0. The minimum Gasteiger partial charge on any atom is -0.373 e. The van der Waals surface area contributed by atoms with Gasteiger partial charge in [-0.05, 0) is 104 Å². The van der Waals surface area contributed by atoms with Gasteiger partial charge in [0, 0.05) is 55.9 Å². The van der Waals surface area contributed by atoms with E-state index in [0.717, 1.165) is 53.0 Å². The summed E-state index contributed by atoms with van der Waals surface area (Å²) < 4.78 is 41.2. The van der Waals surface area contributed by atoms with Crippen LogP contribution in [-0.4, -0.2) is 68.5 Å². The van der Waals surface area contributed by atoms with E-state index in [1.165, 1.54) is 17.7 Å². The molecule has 1 aliphatic heterocycles. The summed E-state index contributed by atoms with van der Waals surface area (Å²) in [7, 11) is 0.282. The van der Waals surface area contributed by atoms with Gasteiger partial charge in [0.05, 0.1) is 10.6 Å². The molecule has 0 spiro atoms. The Morgan fingerprint density at radius 1 is 1.02 bits per heavy atom. The van der Waals surface area contributed by atoms with Crippen LogP contribution >= 0.6 is 0 Å². The molecule has 41 heavy (non-hydrogen) atoms. The zero-order valence-electron chi connectivity index (χ0n) is 23.2. The maximum atomic E-state index is 13.6. The fourth-order valence-corrected chi connectivity index (χ4v) is 5.86. The minimum absolute atomic E-state index is 0.260. The molecule has 5 rings (SSSR count). The quantitative estimate of drug-likeness (QED) is 0.263. The van der Waals surface area contributed by atoms with Gasteiger partial charge in [-0.15, -0.1) is 0 Å². The Bertz CT molecular complexity index is 1630. The van der Waals surface area contributed by atoms with E-state index in [9.17, 15) is 12.8 Å². The van der Waals surface area contributed by atoms with Crippen molar-refractivity contribution in [3.8, 4) is 22.4 Å². The van der Waals surface area contributed by atoms with E-state index >= 15 is 0 Å². The smallest absolute Gasteiger partial charge is 0.240 e. The zero-order chi connectivity index (χ0) is 28.8. The molecule has 0 saturated carbocycles. The molecule has 2 aromatic carbocycles. The maximum absolute atomic E-state index is 13.6. The summed E-state index contributed by atoms with van der Waals surface area (Å²) in [5.74, 6) is -0.261. The summed E-state index contributed by atoms with van der Waals surface area (Å²) in [6.45, 7) is 2.59. The number of aromatic nitrogens is 2. The van der Waals surface area contributed by atoms with E-state index < -0.39 is 10.0 Å². The number of pyridine rings is 1. The van der Waals surface area contributed by atoms with Crippen LogP contribution in [0.1, 0.15) is 17.5 Å². The van der Waals surface area contributed by atoms with E-state index in [2.05, 4.69) is 31.9 Å². The highest BCUT2D eigenvalue weighted by molar-refractivity contribution is 7.89. The highest BCUT2D eigenvalue weighted by atomic mass is 32.2. The molecule has 0 bridgehead atoms. The van der Waals surface area contributed by atoms with Crippen LogP contribution in [0.3, 0.4) is 0 Å². The molecule has 0 aliphatic carbocycles. The average molecular weight is 572 g/mol. The summed E-state index contributed by atoms with van der Waals surface area (Å²) in [4.78, 5) is 12.0. The largest absolute Gasteiger partial charge is 0.373 e. The standard InChI is InChI=1S/C32H34FN5O2S/c1-37(2)22-18-36-41(39,40)29-9-3-24(4-10-29)13-19-38-20-14-25(15-21-38)30-23-35-32(27-5-7-28(33)8-6-27)31(30)26-11-16-34-17-12-26/h3-14,16-17,19,23,35-36H,15,18,20-22H2,1-2H3. The van der Waals surface area contributed by atoms with E-state index in [4.69, 9.17) is 0 Å². The Morgan fingerprint density at radius 2 is 1.76 bits per heavy atom. The summed E-state index contributed by atoms with van der Waals surface area (Å²) in [5, 5.41) is 0. The lowest BCUT2D eigenvalue weighted by Gasteiger charge is -2.25. The first-order chi connectivity index (χ1) is 19.8. The van der Waals surface area contributed by atoms with E-state index in [-0.39, 0.29) is 10.7 Å². The fraction of sp³-hybridized carbons (Fsp3) is 0.219. The van der Waals surface area contributed by atoms with Gasteiger partial charge in [-0.2, -0.15) is 0 Å². The van der Waals surface area contributed by atoms with Crippen LogP contribution < -0.4 is 4.72 Å². The highest BCUT2D eigenvalue weighted by Gasteiger charge is 2.20. The van der Waals surface area contributed by atoms with Crippen LogP contribution in [-0.2, 0) is 10.0 Å². The summed E-state index contributed by atoms with van der Waals surface area (Å²) in [6, 6.07) is 17.4. The topological polar surface area (TPSA) is 81.3 Å². The van der Waals surface area contributed by atoms with Crippen molar-refractivity contribution in [3.63, 3.8) is 0 Å². The number of nitrogens with one attached hydrogen (secondary N) is 2. The predicted molar refractivity (Wildman–Crippen MR) is 163 cm³/mol. The molecule has 1 aliphatic rings. The second-order valence-electron chi connectivity index (χ2n) is 10.3. The van der Waals surface area contributed by atoms with Crippen LogP contribution in [0.4, 0.5) is 4.39 Å². The molecule has 3 heterocycles. The lowest BCUT2D eigenvalue weighted by molar-refractivity contribution is 0.412. The summed E-state index contributed by atoms with van der Waals surface area (Å²) in [6.07, 6.45) is 12.8. The summed E-state index contributed by atoms with van der Waals surface area (Å²) >= 11 is 0. The second-order valence-corrected chi connectivity index (χ2v) is 12.0. The molecule has 4 aromatic rings. The molecule has 2 aromatic heterocycles. The van der Waals surface area contributed by atoms with Gasteiger partial charge in [0.1, 0.15) is 5.82 Å². The van der Waals surface area contributed by atoms with Crippen molar-refractivity contribution in [2.75, 3.05) is 40.3 Å². The first kappa shape index (κ1) is 28.5. The van der Waals surface area contributed by atoms with Gasteiger partial charge >= 0.3 is 0 Å². The molecule has 0 amide bonds. The van der Waals surface area contributed by atoms with Gasteiger partial charge < -0.3 is 14.8 Å². The Balaban J connectivity index is 1.29. The average Bonchev–Trinajstić information content (AvgIpc) is 3.42. The number of halogens is 1. The third kappa shape index (κ3) is 7.00. The Hall–Kier alpha value is -4.05. The number of aromatic amines is 1. The molecule has 0 unspecified atom stereocenters. The van der Waals surface area contributed by atoms with Crippen LogP contribution in [0.25, 0.3) is 34.0 Å². The van der Waals surface area contributed by atoms with Crippen molar-refractivity contribution < 1.29 is 12.8 Å². The van der Waals surface area contributed by atoms with Crippen molar-refractivity contribution in [2.24, 2.45) is 0 Å². The van der Waals surface area contributed by atoms with Crippen molar-refractivity contribution in [3.05, 3.63) is 108 Å². The lowest BCUT2D eigenvalue weighted by Crippen LogP contribution is -2.31. The molecule has 2 N–H and O–H groups in total. The monoisotopic (exact) mass is 571 g/mol. The highest BCUT2D eigenvalue weighted by Crippen LogP contribution is 2.39. The number of nitrogens with zero attached hydrogens (tertiary/aromatic N) is 3. The predicted octanol–water partition coefficient (Wildman–Crippen LogP) is 5.48. The normalized spacial score (nSPS) is 14.1. The molecule has 0 fully saturated rings. The molecule has 0 radical (unpaired) electrons. The molecule has 0 saturated heterocycles. The van der Waals surface area contributed by atoms with Gasteiger partial charge in [0.2, 0.25) is 10.0 Å². The molecule has 7 nitrogen and oxygen atoms in total. The second kappa shape index (κ2) is 12.6. The van der Waals surface area contributed by atoms with Gasteiger partial charge in [0.25, 0.3) is 0 Å². The van der Waals surface area contributed by atoms with Crippen molar-refractivity contribution in [2.45, 2.75) is 11.3 Å². The van der Waals surface area contributed by atoms with E-state index in [0.29, 0.717) is 13.1 Å². The molecule has 0 atom stereocenters. The van der Waals surface area contributed by atoms with E-state index in [1.54, 1.807) is 36.7 Å². The number of benzene rings is 2. The molecular weight excluding hydrogens is 537 g/mol. The van der Waals surface area contributed by atoms with Crippen LogP contribution in [0, 0.1) is 5.82 Å². The van der Waals surface area contributed by atoms with Crippen molar-refractivity contribution in [1.29, 1.82) is 0 Å². The van der Waals surface area contributed by atoms with E-state index in [1.807, 2.05) is 55.5 Å². The minimum atomic E-state index is -3.52. The Kier molecular flexibility index (Phi) is 8.78. The van der Waals surface area contributed by atoms with Gasteiger partial charge in [-0.3, -0.25) is 4.98 Å². The first-order valence-electron chi connectivity index (χ1n) is 13.5. The third-order valence-electron chi connectivity index (χ3n) is 7.09. The SMILES string of the molecule is CN(C)CCNS(=O)(=O)c1ccc(C=CN2CC=C(c3c[nH]c(-c4ccc(F)cc4)c3-c3ccncc3)CC2)cc1. The fourth-order valence-electron chi connectivity index (χ4n) is 4.84. The van der Waals surface area contributed by atoms with Gasteiger partial charge in [-0.25, -0.2) is 17.5 Å². The Morgan fingerprint density at radius 3 is 2.41 bits per heavy atom. The van der Waals surface area contributed by atoms with Gasteiger partial charge in [-0.1, -0.05) is 18.2 Å². The van der Waals surface area contributed by atoms with Crippen LogP contribution in [0.15, 0.2) is 96.4 Å².